The molecule has 6 rings (SSSR count). The number of hydrogen-bond donors (Lipinski definition) is 0. The summed E-state index contributed by atoms with van der Waals surface area (Å²) in [5, 5.41) is 1.87. The van der Waals surface area contributed by atoms with Crippen LogP contribution in [0.15, 0.2) is 77.3 Å². The van der Waals surface area contributed by atoms with Crippen molar-refractivity contribution >= 4 is 33.0 Å². The zero-order valence-corrected chi connectivity index (χ0v) is 16.7. The van der Waals surface area contributed by atoms with E-state index in [1.807, 2.05) is 12.1 Å². The third-order valence-electron chi connectivity index (χ3n) is 5.56. The van der Waals surface area contributed by atoms with Crippen LogP contribution in [0.25, 0.3) is 55.4 Å². The summed E-state index contributed by atoms with van der Waals surface area (Å²) in [4.78, 5) is 13.1. The Morgan fingerprint density at radius 3 is 2.53 bits per heavy atom. The van der Waals surface area contributed by atoms with Crippen molar-refractivity contribution in [2.24, 2.45) is 0 Å². The Balaban J connectivity index is 1.56. The fourth-order valence-corrected chi connectivity index (χ4v) is 4.13. The van der Waals surface area contributed by atoms with Crippen molar-refractivity contribution in [1.29, 1.82) is 0 Å². The van der Waals surface area contributed by atoms with Gasteiger partial charge in [0.05, 0.1) is 11.2 Å². The fourth-order valence-electron chi connectivity index (χ4n) is 4.13. The highest BCUT2D eigenvalue weighted by Crippen LogP contribution is 2.37. The Bertz CT molecular complexity index is 1970. The number of hydrogen-bond acceptors (Lipinski definition) is 4. The van der Waals surface area contributed by atoms with Crippen molar-refractivity contribution < 1.29 is 16.8 Å². The molecule has 0 spiro atoms. The third-order valence-corrected chi connectivity index (χ3v) is 5.56. The lowest BCUT2D eigenvalue weighted by atomic mass is 9.95. The van der Waals surface area contributed by atoms with E-state index in [-0.39, 0.29) is 22.7 Å². The lowest BCUT2D eigenvalue weighted by molar-refractivity contribution is 0.653. The summed E-state index contributed by atoms with van der Waals surface area (Å²) in [5.41, 5.74) is 2.98. The molecule has 4 aromatic heterocycles. The maximum absolute atomic E-state index is 8.17. The standard InChI is InChI=1S/C28H21N3O/c1-16-7-12-24-22(11-9-17(2)30-24)26(16)19-13-14-29-25(15-19)23-6-4-5-20-21-10-8-18(3)31-28(21)32-27(20)23/h4-15H,1-3H3/i1D3,2D3,3D3. The number of furan rings is 1. The van der Waals surface area contributed by atoms with Crippen LogP contribution in [0, 0.1) is 20.6 Å². The van der Waals surface area contributed by atoms with Crippen molar-refractivity contribution in [2.45, 2.75) is 20.6 Å². The predicted octanol–water partition coefficient (Wildman–Crippen LogP) is 7.18. The number of nitrogens with zero attached hydrogens (tertiary/aromatic N) is 3. The monoisotopic (exact) mass is 424 g/mol. The van der Waals surface area contributed by atoms with Gasteiger partial charge >= 0.3 is 0 Å². The minimum Gasteiger partial charge on any atom is -0.437 e. The maximum atomic E-state index is 8.17. The van der Waals surface area contributed by atoms with Gasteiger partial charge in [-0.1, -0.05) is 24.3 Å². The molecule has 0 amide bonds. The normalized spacial score (nSPS) is 16.9. The van der Waals surface area contributed by atoms with Crippen LogP contribution in [0.4, 0.5) is 0 Å². The molecule has 6 aromatic rings. The summed E-state index contributed by atoms with van der Waals surface area (Å²) >= 11 is 0. The van der Waals surface area contributed by atoms with Crippen molar-refractivity contribution in [1.82, 2.24) is 15.0 Å². The van der Waals surface area contributed by atoms with E-state index in [2.05, 4.69) is 15.0 Å². The number of rotatable bonds is 2. The second-order valence-corrected chi connectivity index (χ2v) is 7.51. The zero-order chi connectivity index (χ0) is 29.3. The Kier molecular flexibility index (Phi) is 2.52. The van der Waals surface area contributed by atoms with E-state index >= 15 is 0 Å². The van der Waals surface area contributed by atoms with Gasteiger partial charge in [-0.25, -0.2) is 4.98 Å². The van der Waals surface area contributed by atoms with Crippen LogP contribution in [0.5, 0.6) is 0 Å². The van der Waals surface area contributed by atoms with Crippen molar-refractivity contribution in [3.05, 3.63) is 89.9 Å². The van der Waals surface area contributed by atoms with Crippen LogP contribution in [-0.2, 0) is 0 Å². The number of pyridine rings is 3. The highest BCUT2D eigenvalue weighted by Gasteiger charge is 2.15. The molecule has 0 N–H and O–H groups in total. The first-order chi connectivity index (χ1) is 19.2. The average molecular weight is 425 g/mol. The van der Waals surface area contributed by atoms with Gasteiger partial charge < -0.3 is 4.42 Å². The average Bonchev–Trinajstić information content (AvgIpc) is 3.29. The second kappa shape index (κ2) is 6.99. The van der Waals surface area contributed by atoms with E-state index in [1.165, 1.54) is 24.3 Å². The van der Waals surface area contributed by atoms with Crippen molar-refractivity contribution in [2.75, 3.05) is 0 Å². The number of aryl methyl sites for hydroxylation is 3. The quantitative estimate of drug-likeness (QED) is 0.295. The van der Waals surface area contributed by atoms with Crippen molar-refractivity contribution in [3.63, 3.8) is 0 Å². The van der Waals surface area contributed by atoms with Gasteiger partial charge in [-0.2, -0.15) is 0 Å². The SMILES string of the molecule is [2H]C([2H])([2H])c1ccc2c(-c3ccnc(-c4cccc5c4oc4nc(C([2H])([2H])[2H])ccc45)c3)c(C([2H])([2H])[2H])ccc2n1. The van der Waals surface area contributed by atoms with Gasteiger partial charge in [0.1, 0.15) is 5.58 Å². The van der Waals surface area contributed by atoms with E-state index in [9.17, 15) is 0 Å². The van der Waals surface area contributed by atoms with Crippen LogP contribution in [0.2, 0.25) is 0 Å². The number of benzene rings is 2. The van der Waals surface area contributed by atoms with E-state index in [1.54, 1.807) is 36.5 Å². The van der Waals surface area contributed by atoms with Gasteiger partial charge in [0, 0.05) is 51.6 Å². The highest BCUT2D eigenvalue weighted by atomic mass is 16.3. The summed E-state index contributed by atoms with van der Waals surface area (Å²) in [5.74, 6) is 0. The summed E-state index contributed by atoms with van der Waals surface area (Å²) in [6.45, 7) is -7.25. The Morgan fingerprint density at radius 2 is 1.66 bits per heavy atom. The predicted molar refractivity (Wildman–Crippen MR) is 130 cm³/mol. The molecule has 0 aliphatic carbocycles. The molecule has 0 atom stereocenters. The molecule has 4 nitrogen and oxygen atoms in total. The lowest BCUT2D eigenvalue weighted by Gasteiger charge is -2.12. The molecule has 0 saturated carbocycles. The van der Waals surface area contributed by atoms with Crippen LogP contribution in [0.3, 0.4) is 0 Å². The first-order valence-corrected chi connectivity index (χ1v) is 9.96. The fraction of sp³-hybridized carbons (Fsp3) is 0.107. The largest absolute Gasteiger partial charge is 0.437 e. The minimum absolute atomic E-state index is 0.0749. The molecular formula is C28H21N3O. The van der Waals surface area contributed by atoms with Crippen LogP contribution in [-0.4, -0.2) is 15.0 Å². The molecule has 4 heteroatoms. The molecule has 0 fully saturated rings. The zero-order valence-electron chi connectivity index (χ0n) is 25.7. The summed E-state index contributed by atoms with van der Waals surface area (Å²) in [6.07, 6.45) is 1.56. The number of para-hydroxylation sites is 1. The Labute approximate surface area is 198 Å². The van der Waals surface area contributed by atoms with Crippen LogP contribution in [0.1, 0.15) is 29.3 Å². The highest BCUT2D eigenvalue weighted by molar-refractivity contribution is 6.08. The van der Waals surface area contributed by atoms with Crippen molar-refractivity contribution in [3.8, 4) is 22.4 Å². The van der Waals surface area contributed by atoms with E-state index in [4.69, 9.17) is 16.8 Å². The second-order valence-electron chi connectivity index (χ2n) is 7.51. The van der Waals surface area contributed by atoms with E-state index < -0.39 is 20.6 Å². The van der Waals surface area contributed by atoms with Crippen LogP contribution < -0.4 is 0 Å². The molecule has 0 aliphatic heterocycles. The molecule has 32 heavy (non-hydrogen) atoms. The van der Waals surface area contributed by atoms with Gasteiger partial charge in [-0.05, 0) is 79.7 Å². The molecule has 0 bridgehead atoms. The van der Waals surface area contributed by atoms with Gasteiger partial charge in [0.15, 0.2) is 0 Å². The molecular weight excluding hydrogens is 394 g/mol. The molecule has 0 saturated heterocycles. The summed E-state index contributed by atoms with van der Waals surface area (Å²) in [6, 6.07) is 18.0. The maximum Gasteiger partial charge on any atom is 0.227 e. The summed E-state index contributed by atoms with van der Waals surface area (Å²) < 4.78 is 76.7. The third kappa shape index (κ3) is 2.88. The first kappa shape index (κ1) is 11.5. The topological polar surface area (TPSA) is 51.8 Å². The minimum atomic E-state index is -2.46. The molecule has 0 unspecified atom stereocenters. The van der Waals surface area contributed by atoms with Gasteiger partial charge in [0.2, 0.25) is 5.71 Å². The Morgan fingerprint density at radius 1 is 0.781 bits per heavy atom. The smallest absolute Gasteiger partial charge is 0.227 e. The molecule has 0 aliphatic rings. The van der Waals surface area contributed by atoms with Gasteiger partial charge in [-0.3, -0.25) is 9.97 Å². The Hall–Kier alpha value is -4.05. The number of fused-ring (bicyclic) bond motifs is 4. The van der Waals surface area contributed by atoms with E-state index in [0.29, 0.717) is 44.3 Å². The molecule has 4 heterocycles. The van der Waals surface area contributed by atoms with Crippen LogP contribution >= 0.6 is 0 Å². The summed E-state index contributed by atoms with van der Waals surface area (Å²) in [7, 11) is 0. The molecule has 154 valence electrons. The molecule has 0 radical (unpaired) electrons. The first-order valence-electron chi connectivity index (χ1n) is 14.5. The lowest BCUT2D eigenvalue weighted by Crippen LogP contribution is -1.92. The van der Waals surface area contributed by atoms with Gasteiger partial charge in [-0.15, -0.1) is 0 Å². The molecule has 2 aromatic carbocycles. The van der Waals surface area contributed by atoms with E-state index in [0.717, 1.165) is 5.39 Å². The van der Waals surface area contributed by atoms with Gasteiger partial charge in [0.25, 0.3) is 0 Å². The number of aromatic nitrogens is 3.